The Morgan fingerprint density at radius 3 is 2.39 bits per heavy atom. The number of carbonyl (C=O) groups is 1. The van der Waals surface area contributed by atoms with Gasteiger partial charge in [-0.05, 0) is 25.5 Å². The highest BCUT2D eigenvalue weighted by Gasteiger charge is 2.30. The van der Waals surface area contributed by atoms with Crippen LogP contribution in [0.15, 0.2) is 24.3 Å². The van der Waals surface area contributed by atoms with Crippen LogP contribution in [0.5, 0.6) is 0 Å². The molecule has 0 spiro atoms. The van der Waals surface area contributed by atoms with Gasteiger partial charge >= 0.3 is 12.1 Å². The Kier molecular flexibility index (Phi) is 5.41. The molecular formula is C16H16F3NO2S. The smallest absolute Gasteiger partial charge is 0.416 e. The summed E-state index contributed by atoms with van der Waals surface area (Å²) >= 11 is 1.15. The van der Waals surface area contributed by atoms with Crippen LogP contribution < -0.4 is 0 Å². The molecule has 1 aromatic carbocycles. The van der Waals surface area contributed by atoms with Crippen LogP contribution in [-0.4, -0.2) is 17.6 Å². The minimum absolute atomic E-state index is 0.262. The van der Waals surface area contributed by atoms with Gasteiger partial charge in [0.25, 0.3) is 0 Å². The highest BCUT2D eigenvalue weighted by atomic mass is 32.1. The van der Waals surface area contributed by atoms with Crippen molar-refractivity contribution >= 4 is 17.3 Å². The number of hydrogen-bond acceptors (Lipinski definition) is 4. The molecule has 7 heteroatoms. The summed E-state index contributed by atoms with van der Waals surface area (Å²) in [7, 11) is 0. The molecule has 0 unspecified atom stereocenters. The van der Waals surface area contributed by atoms with Gasteiger partial charge in [-0.2, -0.15) is 13.2 Å². The molecule has 124 valence electrons. The van der Waals surface area contributed by atoms with Gasteiger partial charge in [0, 0.05) is 5.56 Å². The standard InChI is InChI=1S/C16H16F3NO2S/c1-3-5-12-13(15(21)22-4-2)23-14(20-12)10-6-8-11(9-7-10)16(17,18)19/h6-9H,3-5H2,1-2H3. The summed E-state index contributed by atoms with van der Waals surface area (Å²) in [5.41, 5.74) is 0.471. The van der Waals surface area contributed by atoms with Crippen molar-refractivity contribution in [3.8, 4) is 10.6 Å². The number of hydrogen-bond donors (Lipinski definition) is 0. The highest BCUT2D eigenvalue weighted by molar-refractivity contribution is 7.17. The van der Waals surface area contributed by atoms with Crippen LogP contribution in [0.2, 0.25) is 0 Å². The van der Waals surface area contributed by atoms with Crippen molar-refractivity contribution in [3.05, 3.63) is 40.4 Å². The van der Waals surface area contributed by atoms with E-state index >= 15 is 0 Å². The molecule has 1 heterocycles. The predicted molar refractivity (Wildman–Crippen MR) is 82.5 cm³/mol. The molecule has 3 nitrogen and oxygen atoms in total. The van der Waals surface area contributed by atoms with E-state index in [1.807, 2.05) is 6.92 Å². The Labute approximate surface area is 136 Å². The number of thiazole rings is 1. The molecule has 0 saturated heterocycles. The summed E-state index contributed by atoms with van der Waals surface area (Å²) in [6.07, 6.45) is -2.95. The lowest BCUT2D eigenvalue weighted by atomic mass is 10.1. The van der Waals surface area contributed by atoms with Gasteiger partial charge in [0.2, 0.25) is 0 Å². The van der Waals surface area contributed by atoms with Gasteiger partial charge in [-0.25, -0.2) is 9.78 Å². The Hall–Kier alpha value is -1.89. The average molecular weight is 343 g/mol. The maximum absolute atomic E-state index is 12.6. The molecule has 0 saturated carbocycles. The van der Waals surface area contributed by atoms with Gasteiger partial charge < -0.3 is 4.74 Å². The largest absolute Gasteiger partial charge is 0.462 e. The molecule has 0 aliphatic heterocycles. The fraction of sp³-hybridized carbons (Fsp3) is 0.375. The van der Waals surface area contributed by atoms with Gasteiger partial charge in [-0.1, -0.05) is 25.5 Å². The van der Waals surface area contributed by atoms with Crippen LogP contribution in [0, 0.1) is 0 Å². The third-order valence-electron chi connectivity index (χ3n) is 3.10. The molecule has 0 atom stereocenters. The Balaban J connectivity index is 2.36. The Bertz CT molecular complexity index is 678. The molecule has 0 bridgehead atoms. The summed E-state index contributed by atoms with van der Waals surface area (Å²) in [6, 6.07) is 4.76. The van der Waals surface area contributed by atoms with Gasteiger partial charge in [0.05, 0.1) is 17.9 Å². The average Bonchev–Trinajstić information content (AvgIpc) is 2.91. The van der Waals surface area contributed by atoms with Crippen LogP contribution in [0.3, 0.4) is 0 Å². The maximum atomic E-state index is 12.6. The van der Waals surface area contributed by atoms with E-state index in [4.69, 9.17) is 4.74 Å². The number of aryl methyl sites for hydroxylation is 1. The number of carbonyl (C=O) groups excluding carboxylic acids is 1. The number of ether oxygens (including phenoxy) is 1. The first-order chi connectivity index (χ1) is 10.9. The van der Waals surface area contributed by atoms with Crippen LogP contribution in [-0.2, 0) is 17.3 Å². The van der Waals surface area contributed by atoms with Crippen molar-refractivity contribution in [2.45, 2.75) is 32.9 Å². The number of halogens is 3. The zero-order valence-electron chi connectivity index (χ0n) is 12.7. The first-order valence-corrected chi connectivity index (χ1v) is 8.02. The van der Waals surface area contributed by atoms with Gasteiger partial charge in [0.1, 0.15) is 9.88 Å². The van der Waals surface area contributed by atoms with Crippen LogP contribution in [0.4, 0.5) is 13.2 Å². The van der Waals surface area contributed by atoms with E-state index in [9.17, 15) is 18.0 Å². The van der Waals surface area contributed by atoms with Crippen molar-refractivity contribution in [2.24, 2.45) is 0 Å². The van der Waals surface area contributed by atoms with Gasteiger partial charge in [-0.3, -0.25) is 0 Å². The summed E-state index contributed by atoms with van der Waals surface area (Å²) in [5.74, 6) is -0.438. The molecule has 2 rings (SSSR count). The number of rotatable bonds is 5. The van der Waals surface area contributed by atoms with E-state index in [1.54, 1.807) is 6.92 Å². The van der Waals surface area contributed by atoms with Crippen molar-refractivity contribution in [2.75, 3.05) is 6.61 Å². The van der Waals surface area contributed by atoms with E-state index in [1.165, 1.54) is 12.1 Å². The van der Waals surface area contributed by atoms with Gasteiger partial charge in [0.15, 0.2) is 0 Å². The first kappa shape index (κ1) is 17.5. The van der Waals surface area contributed by atoms with E-state index < -0.39 is 17.7 Å². The SMILES string of the molecule is CCCc1nc(-c2ccc(C(F)(F)F)cc2)sc1C(=O)OCC. The second kappa shape index (κ2) is 7.12. The minimum Gasteiger partial charge on any atom is -0.462 e. The lowest BCUT2D eigenvalue weighted by Crippen LogP contribution is -2.05. The topological polar surface area (TPSA) is 39.2 Å². The van der Waals surface area contributed by atoms with E-state index in [0.717, 1.165) is 29.9 Å². The van der Waals surface area contributed by atoms with Crippen LogP contribution >= 0.6 is 11.3 Å². The normalized spacial score (nSPS) is 11.5. The molecular weight excluding hydrogens is 327 g/mol. The summed E-state index contributed by atoms with van der Waals surface area (Å²) in [4.78, 5) is 16.8. The maximum Gasteiger partial charge on any atom is 0.416 e. The van der Waals surface area contributed by atoms with Crippen molar-refractivity contribution in [1.29, 1.82) is 0 Å². The minimum atomic E-state index is -4.37. The monoisotopic (exact) mass is 343 g/mol. The lowest BCUT2D eigenvalue weighted by Gasteiger charge is -2.06. The van der Waals surface area contributed by atoms with Crippen molar-refractivity contribution < 1.29 is 22.7 Å². The predicted octanol–water partition coefficient (Wildman–Crippen LogP) is 4.96. The molecule has 0 radical (unpaired) electrons. The van der Waals surface area contributed by atoms with Gasteiger partial charge in [-0.15, -0.1) is 11.3 Å². The molecule has 0 aliphatic carbocycles. The van der Waals surface area contributed by atoms with Crippen LogP contribution in [0.25, 0.3) is 10.6 Å². The Morgan fingerprint density at radius 1 is 1.22 bits per heavy atom. The molecule has 0 aliphatic rings. The Morgan fingerprint density at radius 2 is 1.87 bits per heavy atom. The molecule has 0 amide bonds. The number of benzene rings is 1. The zero-order chi connectivity index (χ0) is 17.0. The summed E-state index contributed by atoms with van der Waals surface area (Å²) < 4.78 is 42.8. The van der Waals surface area contributed by atoms with E-state index in [-0.39, 0.29) is 6.61 Å². The molecule has 1 aromatic heterocycles. The molecule has 2 aromatic rings. The van der Waals surface area contributed by atoms with Crippen LogP contribution in [0.1, 0.15) is 41.2 Å². The fourth-order valence-corrected chi connectivity index (χ4v) is 3.05. The lowest BCUT2D eigenvalue weighted by molar-refractivity contribution is -0.137. The number of aromatic nitrogens is 1. The molecule has 0 N–H and O–H groups in total. The van der Waals surface area contributed by atoms with Crippen molar-refractivity contribution in [1.82, 2.24) is 4.98 Å². The third-order valence-corrected chi connectivity index (χ3v) is 4.23. The zero-order valence-corrected chi connectivity index (χ0v) is 13.6. The summed E-state index contributed by atoms with van der Waals surface area (Å²) in [5, 5.41) is 0.519. The second-order valence-electron chi connectivity index (χ2n) is 4.84. The summed E-state index contributed by atoms with van der Waals surface area (Å²) in [6.45, 7) is 3.94. The molecule has 23 heavy (non-hydrogen) atoms. The number of alkyl halides is 3. The molecule has 0 fully saturated rings. The van der Waals surface area contributed by atoms with Crippen molar-refractivity contribution in [3.63, 3.8) is 0 Å². The number of nitrogens with zero attached hydrogens (tertiary/aromatic N) is 1. The highest BCUT2D eigenvalue weighted by Crippen LogP contribution is 2.33. The third kappa shape index (κ3) is 4.10. The number of esters is 1. The fourth-order valence-electron chi connectivity index (χ4n) is 2.04. The van der Waals surface area contributed by atoms with E-state index in [2.05, 4.69) is 4.98 Å². The first-order valence-electron chi connectivity index (χ1n) is 7.21. The quantitative estimate of drug-likeness (QED) is 0.721. The second-order valence-corrected chi connectivity index (χ2v) is 5.84. The van der Waals surface area contributed by atoms with E-state index in [0.29, 0.717) is 27.6 Å².